The zero-order valence-electron chi connectivity index (χ0n) is 10.5. The molecule has 1 N–H and O–H groups in total. The van der Waals surface area contributed by atoms with Gasteiger partial charge in [-0.25, -0.2) is 4.39 Å². The van der Waals surface area contributed by atoms with E-state index in [1.807, 2.05) is 0 Å². The second-order valence-corrected chi connectivity index (χ2v) is 4.31. The number of halogens is 1. The number of aromatic nitrogens is 4. The number of rotatable bonds is 5. The van der Waals surface area contributed by atoms with Crippen LogP contribution in [0.2, 0.25) is 0 Å². The highest BCUT2D eigenvalue weighted by molar-refractivity contribution is 5.16. The number of nitrogens with one attached hydrogen (secondary N) is 1. The van der Waals surface area contributed by atoms with Crippen LogP contribution in [0.3, 0.4) is 0 Å². The van der Waals surface area contributed by atoms with Gasteiger partial charge in [0.25, 0.3) is 0 Å². The van der Waals surface area contributed by atoms with E-state index in [-0.39, 0.29) is 11.9 Å². The lowest BCUT2D eigenvalue weighted by Crippen LogP contribution is -2.28. The fraction of sp³-hybridized carbons (Fsp3) is 0.417. The standard InChI is InChI=1S/C12H16FN5/c1-9(7-10-3-5-11(13)6-4-10)14-8-12-15-17-18(2)16-12/h3-6,9,14H,7-8H2,1-2H3. The molecule has 96 valence electrons. The van der Waals surface area contributed by atoms with Crippen molar-refractivity contribution >= 4 is 0 Å². The predicted octanol–water partition coefficient (Wildman–Crippen LogP) is 1.07. The van der Waals surface area contributed by atoms with E-state index in [0.29, 0.717) is 12.4 Å². The molecule has 1 aromatic heterocycles. The molecule has 0 aliphatic carbocycles. The van der Waals surface area contributed by atoms with Gasteiger partial charge in [0.1, 0.15) is 5.82 Å². The van der Waals surface area contributed by atoms with Gasteiger partial charge in [-0.05, 0) is 36.3 Å². The van der Waals surface area contributed by atoms with Gasteiger partial charge in [0.15, 0.2) is 5.82 Å². The van der Waals surface area contributed by atoms with E-state index in [1.54, 1.807) is 19.2 Å². The molecule has 0 fully saturated rings. The van der Waals surface area contributed by atoms with Gasteiger partial charge in [-0.1, -0.05) is 12.1 Å². The van der Waals surface area contributed by atoms with Crippen molar-refractivity contribution in [2.24, 2.45) is 7.05 Å². The van der Waals surface area contributed by atoms with Crippen molar-refractivity contribution in [1.82, 2.24) is 25.5 Å². The smallest absolute Gasteiger partial charge is 0.188 e. The Morgan fingerprint density at radius 1 is 1.33 bits per heavy atom. The molecule has 0 radical (unpaired) electrons. The van der Waals surface area contributed by atoms with Crippen molar-refractivity contribution in [3.8, 4) is 0 Å². The normalized spacial score (nSPS) is 12.6. The Kier molecular flexibility index (Phi) is 3.99. The third-order valence-electron chi connectivity index (χ3n) is 2.61. The van der Waals surface area contributed by atoms with Crippen LogP contribution >= 0.6 is 0 Å². The SMILES string of the molecule is CC(Cc1ccc(F)cc1)NCc1nnn(C)n1. The fourth-order valence-corrected chi connectivity index (χ4v) is 1.71. The summed E-state index contributed by atoms with van der Waals surface area (Å²) in [6, 6.07) is 6.82. The summed E-state index contributed by atoms with van der Waals surface area (Å²) in [5.74, 6) is 0.464. The Hall–Kier alpha value is -1.82. The van der Waals surface area contributed by atoms with Crippen LogP contribution in [0.25, 0.3) is 0 Å². The Balaban J connectivity index is 1.81. The van der Waals surface area contributed by atoms with Crippen molar-refractivity contribution in [2.75, 3.05) is 0 Å². The molecule has 18 heavy (non-hydrogen) atoms. The monoisotopic (exact) mass is 249 g/mol. The lowest BCUT2D eigenvalue weighted by molar-refractivity contribution is 0.530. The minimum atomic E-state index is -0.205. The van der Waals surface area contributed by atoms with E-state index in [2.05, 4.69) is 27.7 Å². The van der Waals surface area contributed by atoms with Crippen LogP contribution in [-0.2, 0) is 20.0 Å². The van der Waals surface area contributed by atoms with E-state index < -0.39 is 0 Å². The molecule has 0 saturated carbocycles. The molecule has 0 spiro atoms. The van der Waals surface area contributed by atoms with E-state index in [4.69, 9.17) is 0 Å². The van der Waals surface area contributed by atoms with Crippen LogP contribution in [0.15, 0.2) is 24.3 Å². The number of tetrazole rings is 1. The van der Waals surface area contributed by atoms with Crippen LogP contribution in [0.4, 0.5) is 4.39 Å². The fourth-order valence-electron chi connectivity index (χ4n) is 1.71. The first-order chi connectivity index (χ1) is 8.63. The molecule has 2 rings (SSSR count). The Labute approximate surface area is 105 Å². The van der Waals surface area contributed by atoms with Crippen LogP contribution in [0, 0.1) is 5.82 Å². The van der Waals surface area contributed by atoms with Gasteiger partial charge in [0.05, 0.1) is 13.6 Å². The van der Waals surface area contributed by atoms with E-state index in [9.17, 15) is 4.39 Å². The zero-order chi connectivity index (χ0) is 13.0. The van der Waals surface area contributed by atoms with Gasteiger partial charge in [-0.3, -0.25) is 0 Å². The second kappa shape index (κ2) is 5.68. The molecule has 5 nitrogen and oxygen atoms in total. The van der Waals surface area contributed by atoms with Crippen LogP contribution in [0.1, 0.15) is 18.3 Å². The molecule has 1 unspecified atom stereocenters. The highest BCUT2D eigenvalue weighted by Gasteiger charge is 2.06. The molecule has 6 heteroatoms. The first-order valence-electron chi connectivity index (χ1n) is 5.84. The van der Waals surface area contributed by atoms with Crippen molar-refractivity contribution in [1.29, 1.82) is 0 Å². The molecule has 0 aliphatic rings. The molecular weight excluding hydrogens is 233 g/mol. The summed E-state index contributed by atoms with van der Waals surface area (Å²) >= 11 is 0. The molecule has 1 heterocycles. The number of aryl methyl sites for hydroxylation is 1. The summed E-state index contributed by atoms with van der Waals surface area (Å²) in [6.07, 6.45) is 0.834. The summed E-state index contributed by atoms with van der Waals surface area (Å²) in [6.45, 7) is 2.65. The third kappa shape index (κ3) is 3.59. The van der Waals surface area contributed by atoms with Crippen LogP contribution < -0.4 is 5.32 Å². The summed E-state index contributed by atoms with van der Waals surface area (Å²) in [5.41, 5.74) is 1.10. The van der Waals surface area contributed by atoms with Gasteiger partial charge < -0.3 is 5.32 Å². The Bertz CT molecular complexity index is 493. The molecular formula is C12H16FN5. The van der Waals surface area contributed by atoms with Gasteiger partial charge in [-0.2, -0.15) is 4.80 Å². The molecule has 0 amide bonds. The summed E-state index contributed by atoms with van der Waals surface area (Å²) in [7, 11) is 1.73. The maximum atomic E-state index is 12.8. The number of hydrogen-bond acceptors (Lipinski definition) is 4. The highest BCUT2D eigenvalue weighted by atomic mass is 19.1. The molecule has 2 aromatic rings. The topological polar surface area (TPSA) is 55.6 Å². The Morgan fingerprint density at radius 3 is 2.67 bits per heavy atom. The van der Waals surface area contributed by atoms with Crippen molar-refractivity contribution in [2.45, 2.75) is 25.9 Å². The van der Waals surface area contributed by atoms with Gasteiger partial charge in [0.2, 0.25) is 0 Å². The average Bonchev–Trinajstić information content (AvgIpc) is 2.76. The molecule has 0 bridgehead atoms. The van der Waals surface area contributed by atoms with Crippen LogP contribution in [-0.4, -0.2) is 26.2 Å². The lowest BCUT2D eigenvalue weighted by Gasteiger charge is -2.12. The molecule has 1 atom stereocenters. The van der Waals surface area contributed by atoms with Crippen molar-refractivity contribution < 1.29 is 4.39 Å². The maximum Gasteiger partial charge on any atom is 0.188 e. The van der Waals surface area contributed by atoms with Crippen LogP contribution in [0.5, 0.6) is 0 Å². The van der Waals surface area contributed by atoms with Gasteiger partial charge in [0, 0.05) is 6.04 Å². The first-order valence-corrected chi connectivity index (χ1v) is 5.84. The quantitative estimate of drug-likeness (QED) is 0.861. The van der Waals surface area contributed by atoms with Crippen molar-refractivity contribution in [3.05, 3.63) is 41.5 Å². The zero-order valence-corrected chi connectivity index (χ0v) is 10.5. The Morgan fingerprint density at radius 2 is 2.06 bits per heavy atom. The van der Waals surface area contributed by atoms with Crippen molar-refractivity contribution in [3.63, 3.8) is 0 Å². The minimum absolute atomic E-state index is 0.205. The summed E-state index contributed by atoms with van der Waals surface area (Å²) < 4.78 is 12.8. The number of benzene rings is 1. The van der Waals surface area contributed by atoms with Gasteiger partial charge in [-0.15, -0.1) is 10.2 Å². The second-order valence-electron chi connectivity index (χ2n) is 4.31. The van der Waals surface area contributed by atoms with E-state index in [0.717, 1.165) is 12.0 Å². The van der Waals surface area contributed by atoms with E-state index in [1.165, 1.54) is 16.9 Å². The van der Waals surface area contributed by atoms with Gasteiger partial charge >= 0.3 is 0 Å². The molecule has 1 aromatic carbocycles. The average molecular weight is 249 g/mol. The summed E-state index contributed by atoms with van der Waals surface area (Å²) in [5, 5.41) is 15.0. The number of nitrogens with zero attached hydrogens (tertiary/aromatic N) is 4. The largest absolute Gasteiger partial charge is 0.307 e. The first kappa shape index (κ1) is 12.6. The number of hydrogen-bond donors (Lipinski definition) is 1. The third-order valence-corrected chi connectivity index (χ3v) is 2.61. The molecule has 0 aliphatic heterocycles. The minimum Gasteiger partial charge on any atom is -0.307 e. The predicted molar refractivity (Wildman–Crippen MR) is 65.2 cm³/mol. The summed E-state index contributed by atoms with van der Waals surface area (Å²) in [4.78, 5) is 1.43. The molecule has 0 saturated heterocycles. The van der Waals surface area contributed by atoms with E-state index >= 15 is 0 Å². The maximum absolute atomic E-state index is 12.8. The highest BCUT2D eigenvalue weighted by Crippen LogP contribution is 2.05. The lowest BCUT2D eigenvalue weighted by atomic mass is 10.1.